The Morgan fingerprint density at radius 2 is 1.93 bits per heavy atom. The number of nitrogens with zero attached hydrogens (tertiary/aromatic N) is 2. The van der Waals surface area contributed by atoms with Crippen molar-refractivity contribution in [1.82, 2.24) is 9.47 Å². The molecule has 0 spiro atoms. The van der Waals surface area contributed by atoms with Crippen LogP contribution in [0.3, 0.4) is 0 Å². The number of sulfone groups is 1. The van der Waals surface area contributed by atoms with E-state index in [2.05, 4.69) is 11.9 Å². The zero-order valence-corrected chi connectivity index (χ0v) is 18.1. The summed E-state index contributed by atoms with van der Waals surface area (Å²) in [6, 6.07) is 14.6. The average Bonchev–Trinajstić information content (AvgIpc) is 3.31. The summed E-state index contributed by atoms with van der Waals surface area (Å²) in [6.45, 7) is 2.66. The number of aromatic nitrogens is 1. The molecule has 0 bridgehead atoms. The van der Waals surface area contributed by atoms with Gasteiger partial charge in [-0.25, -0.2) is 8.42 Å². The first-order valence-corrected chi connectivity index (χ1v) is 11.7. The molecule has 1 atom stereocenters. The van der Waals surface area contributed by atoms with Gasteiger partial charge in [0.1, 0.15) is 0 Å². The first kappa shape index (κ1) is 20.6. The Balaban J connectivity index is 1.70. The molecule has 30 heavy (non-hydrogen) atoms. The number of carbonyl (C=O) groups excluding carboxylic acids is 1. The second-order valence-electron chi connectivity index (χ2n) is 7.96. The van der Waals surface area contributed by atoms with E-state index in [4.69, 9.17) is 0 Å². The van der Waals surface area contributed by atoms with Gasteiger partial charge in [-0.2, -0.15) is 0 Å². The quantitative estimate of drug-likeness (QED) is 0.612. The predicted octanol–water partition coefficient (Wildman–Crippen LogP) is 4.38. The summed E-state index contributed by atoms with van der Waals surface area (Å²) in [6.07, 6.45) is 6.78. The number of hydrogen-bond acceptors (Lipinski definition) is 4. The van der Waals surface area contributed by atoms with Crippen LogP contribution in [0, 0.1) is 0 Å². The van der Waals surface area contributed by atoms with Gasteiger partial charge in [-0.05, 0) is 74.3 Å². The largest absolute Gasteiger partial charge is 0.303 e. The zero-order valence-electron chi connectivity index (χ0n) is 17.3. The Morgan fingerprint density at radius 3 is 2.60 bits per heavy atom. The minimum atomic E-state index is -3.50. The molecule has 3 aromatic rings. The third-order valence-electron chi connectivity index (χ3n) is 5.89. The maximum Gasteiger partial charge on any atom is 0.227 e. The molecule has 2 aromatic carbocycles. The molecule has 1 fully saturated rings. The van der Waals surface area contributed by atoms with Crippen molar-refractivity contribution in [3.63, 3.8) is 0 Å². The van der Waals surface area contributed by atoms with Crippen LogP contribution >= 0.6 is 0 Å². The van der Waals surface area contributed by atoms with Crippen LogP contribution in [0.15, 0.2) is 65.0 Å². The highest BCUT2D eigenvalue weighted by Crippen LogP contribution is 2.28. The first-order chi connectivity index (χ1) is 14.3. The van der Waals surface area contributed by atoms with Crippen molar-refractivity contribution in [2.24, 2.45) is 0 Å². The summed E-state index contributed by atoms with van der Waals surface area (Å²) in [5, 5.41) is 2.25. The second kappa shape index (κ2) is 8.20. The minimum absolute atomic E-state index is 0.0269. The number of carbonyl (C=O) groups is 1. The molecule has 1 aromatic heterocycles. The molecular formula is C24H26N2O3S. The smallest absolute Gasteiger partial charge is 0.227 e. The lowest BCUT2D eigenvalue weighted by molar-refractivity contribution is 0.0941. The second-order valence-corrected chi connectivity index (χ2v) is 9.80. The van der Waals surface area contributed by atoms with Gasteiger partial charge in [0.25, 0.3) is 0 Å². The number of hydrogen-bond donors (Lipinski definition) is 0. The highest BCUT2D eigenvalue weighted by Gasteiger charge is 2.23. The van der Waals surface area contributed by atoms with Crippen molar-refractivity contribution >= 4 is 32.7 Å². The van der Waals surface area contributed by atoms with Gasteiger partial charge in [0, 0.05) is 30.0 Å². The maximum absolute atomic E-state index is 12.6. The highest BCUT2D eigenvalue weighted by atomic mass is 32.2. The fraction of sp³-hybridized carbons (Fsp3) is 0.292. The third kappa shape index (κ3) is 4.11. The van der Waals surface area contributed by atoms with Crippen molar-refractivity contribution in [3.8, 4) is 0 Å². The van der Waals surface area contributed by atoms with Crippen molar-refractivity contribution in [3.05, 3.63) is 71.3 Å². The highest BCUT2D eigenvalue weighted by molar-refractivity contribution is 7.94. The van der Waals surface area contributed by atoms with Gasteiger partial charge >= 0.3 is 0 Å². The van der Waals surface area contributed by atoms with Crippen LogP contribution in [0.5, 0.6) is 0 Å². The SMILES string of the molecule is CC(=O)n1cc(CC2CCCN2C)c2cc(/C=C/S(=O)(=O)c3ccccc3)ccc21. The number of likely N-dealkylation sites (tertiary alicyclic amines) is 1. The lowest BCUT2D eigenvalue weighted by atomic mass is 10.0. The molecule has 1 aliphatic rings. The van der Waals surface area contributed by atoms with E-state index in [1.54, 1.807) is 47.9 Å². The van der Waals surface area contributed by atoms with Gasteiger partial charge < -0.3 is 4.90 Å². The third-order valence-corrected chi connectivity index (χ3v) is 7.31. The van der Waals surface area contributed by atoms with Crippen LogP contribution in [0.2, 0.25) is 0 Å². The number of fused-ring (bicyclic) bond motifs is 1. The van der Waals surface area contributed by atoms with Gasteiger partial charge in [0.05, 0.1) is 10.4 Å². The van der Waals surface area contributed by atoms with Crippen LogP contribution < -0.4 is 0 Å². The Kier molecular flexibility index (Phi) is 5.62. The van der Waals surface area contributed by atoms with E-state index in [9.17, 15) is 13.2 Å². The van der Waals surface area contributed by atoms with E-state index in [0.29, 0.717) is 6.04 Å². The van der Waals surface area contributed by atoms with Gasteiger partial charge in [0.2, 0.25) is 5.91 Å². The molecule has 2 heterocycles. The fourth-order valence-electron chi connectivity index (χ4n) is 4.19. The molecule has 4 rings (SSSR count). The molecule has 156 valence electrons. The van der Waals surface area contributed by atoms with Crippen molar-refractivity contribution < 1.29 is 13.2 Å². The summed E-state index contributed by atoms with van der Waals surface area (Å²) in [7, 11) is -1.36. The summed E-state index contributed by atoms with van der Waals surface area (Å²) in [4.78, 5) is 14.8. The fourth-order valence-corrected chi connectivity index (χ4v) is 5.22. The molecule has 0 saturated carbocycles. The van der Waals surface area contributed by atoms with E-state index in [1.165, 1.54) is 11.8 Å². The van der Waals surface area contributed by atoms with E-state index in [1.807, 2.05) is 24.4 Å². The summed E-state index contributed by atoms with van der Waals surface area (Å²) >= 11 is 0. The normalized spacial score (nSPS) is 17.9. The molecule has 0 N–H and O–H groups in total. The van der Waals surface area contributed by atoms with E-state index < -0.39 is 9.84 Å². The first-order valence-electron chi connectivity index (χ1n) is 10.2. The minimum Gasteiger partial charge on any atom is -0.303 e. The lowest BCUT2D eigenvalue weighted by Gasteiger charge is -2.18. The van der Waals surface area contributed by atoms with Crippen LogP contribution in [-0.4, -0.2) is 43.4 Å². The monoisotopic (exact) mass is 422 g/mol. The molecule has 0 aliphatic carbocycles. The molecular weight excluding hydrogens is 396 g/mol. The van der Waals surface area contributed by atoms with Gasteiger partial charge in [-0.15, -0.1) is 0 Å². The standard InChI is InChI=1S/C24H26N2O3S/c1-18(27)26-17-20(16-21-7-6-13-25(21)2)23-15-19(10-11-24(23)26)12-14-30(28,29)22-8-4-3-5-9-22/h3-5,8-12,14-15,17,21H,6-7,13,16H2,1-2H3/b14-12+. The van der Waals surface area contributed by atoms with Crippen LogP contribution in [-0.2, 0) is 16.3 Å². The topological polar surface area (TPSA) is 59.4 Å². The van der Waals surface area contributed by atoms with E-state index >= 15 is 0 Å². The van der Waals surface area contributed by atoms with Gasteiger partial charge in [0.15, 0.2) is 9.84 Å². The Bertz CT molecular complexity index is 1210. The Labute approximate surface area is 177 Å². The summed E-state index contributed by atoms with van der Waals surface area (Å²) < 4.78 is 26.8. The summed E-state index contributed by atoms with van der Waals surface area (Å²) in [5.41, 5.74) is 2.78. The van der Waals surface area contributed by atoms with Crippen molar-refractivity contribution in [1.29, 1.82) is 0 Å². The van der Waals surface area contributed by atoms with Crippen molar-refractivity contribution in [2.75, 3.05) is 13.6 Å². The molecule has 1 saturated heterocycles. The molecule has 0 radical (unpaired) electrons. The predicted molar refractivity (Wildman–Crippen MR) is 120 cm³/mol. The molecule has 5 nitrogen and oxygen atoms in total. The van der Waals surface area contributed by atoms with Gasteiger partial charge in [-0.3, -0.25) is 9.36 Å². The Hall–Kier alpha value is -2.70. The zero-order chi connectivity index (χ0) is 21.3. The number of likely N-dealkylation sites (N-methyl/N-ethyl adjacent to an activating group) is 1. The Morgan fingerprint density at radius 1 is 1.17 bits per heavy atom. The van der Waals surface area contributed by atoms with E-state index in [0.717, 1.165) is 41.4 Å². The van der Waals surface area contributed by atoms with Crippen LogP contribution in [0.25, 0.3) is 17.0 Å². The van der Waals surface area contributed by atoms with Crippen LogP contribution in [0.4, 0.5) is 0 Å². The maximum atomic E-state index is 12.6. The molecule has 0 amide bonds. The lowest BCUT2D eigenvalue weighted by Crippen LogP contribution is -2.26. The summed E-state index contributed by atoms with van der Waals surface area (Å²) in [5.74, 6) is -0.0269. The number of benzene rings is 2. The van der Waals surface area contributed by atoms with E-state index in [-0.39, 0.29) is 10.8 Å². The number of rotatable bonds is 5. The van der Waals surface area contributed by atoms with Crippen molar-refractivity contribution in [2.45, 2.75) is 37.1 Å². The van der Waals surface area contributed by atoms with Gasteiger partial charge in [-0.1, -0.05) is 24.3 Å². The molecule has 6 heteroatoms. The molecule has 1 unspecified atom stereocenters. The van der Waals surface area contributed by atoms with Crippen LogP contribution in [0.1, 0.15) is 35.7 Å². The average molecular weight is 423 g/mol. The molecule has 1 aliphatic heterocycles.